The summed E-state index contributed by atoms with van der Waals surface area (Å²) in [7, 11) is 0. The third kappa shape index (κ3) is 2.99. The Balaban J connectivity index is 1.97. The second kappa shape index (κ2) is 6.16. The molecule has 0 aliphatic carbocycles. The summed E-state index contributed by atoms with van der Waals surface area (Å²) in [4.78, 5) is 16.6. The Kier molecular flexibility index (Phi) is 4.40. The molecule has 0 aliphatic rings. The summed E-state index contributed by atoms with van der Waals surface area (Å²) in [6.07, 6.45) is 3.33. The number of nitrogens with one attached hydrogen (secondary N) is 1. The first-order valence-corrected chi connectivity index (χ1v) is 8.25. The van der Waals surface area contributed by atoms with Gasteiger partial charge in [0, 0.05) is 17.4 Å². The number of carbonyl (C=O) groups excluding carboxylic acids is 1. The lowest BCUT2D eigenvalue weighted by Crippen LogP contribution is -2.13. The van der Waals surface area contributed by atoms with Gasteiger partial charge in [-0.2, -0.15) is 5.10 Å². The third-order valence-electron chi connectivity index (χ3n) is 2.78. The van der Waals surface area contributed by atoms with Gasteiger partial charge in [-0.05, 0) is 50.1 Å². The van der Waals surface area contributed by atoms with E-state index in [1.807, 2.05) is 0 Å². The molecule has 0 aliphatic heterocycles. The van der Waals surface area contributed by atoms with Crippen molar-refractivity contribution in [1.82, 2.24) is 14.6 Å². The van der Waals surface area contributed by atoms with E-state index >= 15 is 0 Å². The van der Waals surface area contributed by atoms with E-state index in [1.54, 1.807) is 30.6 Å². The lowest BCUT2D eigenvalue weighted by atomic mass is 10.3. The normalized spacial score (nSPS) is 10.9. The van der Waals surface area contributed by atoms with Gasteiger partial charge >= 0.3 is 0 Å². The van der Waals surface area contributed by atoms with Crippen LogP contribution in [0, 0.1) is 0 Å². The van der Waals surface area contributed by atoms with E-state index in [2.05, 4.69) is 47.3 Å². The Bertz CT molecular complexity index is 897. The third-order valence-corrected chi connectivity index (χ3v) is 4.47. The first-order chi connectivity index (χ1) is 10.5. The predicted octanol–water partition coefficient (Wildman–Crippen LogP) is 4.81. The van der Waals surface area contributed by atoms with Crippen LogP contribution in [0.5, 0.6) is 0 Å². The zero-order valence-corrected chi connectivity index (χ0v) is 15.3. The minimum atomic E-state index is -0.405. The lowest BCUT2D eigenvalue weighted by molar-refractivity contribution is 0.102. The number of carbonyl (C=O) groups is 1. The van der Waals surface area contributed by atoms with Crippen LogP contribution in [0.3, 0.4) is 0 Å². The molecule has 0 unspecified atom stereocenters. The van der Waals surface area contributed by atoms with Crippen LogP contribution >= 0.6 is 55.1 Å². The Morgan fingerprint density at radius 2 is 2.05 bits per heavy atom. The van der Waals surface area contributed by atoms with Crippen LogP contribution < -0.4 is 5.32 Å². The number of halogens is 4. The van der Waals surface area contributed by atoms with Gasteiger partial charge in [0.15, 0.2) is 11.3 Å². The van der Waals surface area contributed by atoms with Crippen molar-refractivity contribution >= 4 is 72.3 Å². The molecule has 1 aromatic carbocycles. The van der Waals surface area contributed by atoms with Gasteiger partial charge in [0.2, 0.25) is 0 Å². The van der Waals surface area contributed by atoms with E-state index in [1.165, 1.54) is 4.52 Å². The average molecular weight is 465 g/mol. The SMILES string of the molecule is O=C(Nc1ccc(Cl)cc1Cl)c1nn2cc(Br)cnc2c1Br. The van der Waals surface area contributed by atoms with Crippen molar-refractivity contribution in [3.05, 3.63) is 55.3 Å². The van der Waals surface area contributed by atoms with Gasteiger partial charge in [-0.15, -0.1) is 0 Å². The maximum absolute atomic E-state index is 12.4. The summed E-state index contributed by atoms with van der Waals surface area (Å²) in [6.45, 7) is 0. The van der Waals surface area contributed by atoms with Crippen molar-refractivity contribution < 1.29 is 4.79 Å². The second-order valence-electron chi connectivity index (χ2n) is 4.28. The number of anilines is 1. The number of hydrogen-bond donors (Lipinski definition) is 1. The molecule has 1 N–H and O–H groups in total. The molecule has 112 valence electrons. The van der Waals surface area contributed by atoms with Crippen LogP contribution in [0.2, 0.25) is 10.0 Å². The number of aromatic nitrogens is 3. The zero-order chi connectivity index (χ0) is 15.9. The van der Waals surface area contributed by atoms with Crippen molar-refractivity contribution in [2.75, 3.05) is 5.32 Å². The fraction of sp³-hybridized carbons (Fsp3) is 0. The smallest absolute Gasteiger partial charge is 0.277 e. The molecule has 0 fully saturated rings. The highest BCUT2D eigenvalue weighted by atomic mass is 79.9. The monoisotopic (exact) mass is 462 g/mol. The first-order valence-electron chi connectivity index (χ1n) is 5.91. The van der Waals surface area contributed by atoms with E-state index in [0.717, 1.165) is 4.47 Å². The maximum atomic E-state index is 12.4. The Labute approximate surface area is 151 Å². The molecule has 0 atom stereocenters. The summed E-state index contributed by atoms with van der Waals surface area (Å²) in [6, 6.07) is 4.82. The standard InChI is InChI=1S/C13H6Br2Cl2N4O/c14-6-4-18-12-10(15)11(20-21(12)5-6)13(22)19-9-2-1-7(16)3-8(9)17/h1-5H,(H,19,22). The van der Waals surface area contributed by atoms with E-state index in [9.17, 15) is 4.79 Å². The summed E-state index contributed by atoms with van der Waals surface area (Å²) in [5.74, 6) is -0.405. The Morgan fingerprint density at radius 1 is 1.27 bits per heavy atom. The molecule has 0 bridgehead atoms. The first kappa shape index (κ1) is 15.7. The van der Waals surface area contributed by atoms with Crippen molar-refractivity contribution in [3.63, 3.8) is 0 Å². The largest absolute Gasteiger partial charge is 0.319 e. The van der Waals surface area contributed by atoms with E-state index in [-0.39, 0.29) is 5.69 Å². The highest BCUT2D eigenvalue weighted by Gasteiger charge is 2.19. The fourth-order valence-corrected chi connectivity index (χ4v) is 3.10. The molecule has 0 saturated heterocycles. The molecule has 5 nitrogen and oxygen atoms in total. The maximum Gasteiger partial charge on any atom is 0.277 e. The summed E-state index contributed by atoms with van der Waals surface area (Å²) >= 11 is 18.5. The number of benzene rings is 1. The Morgan fingerprint density at radius 3 is 2.77 bits per heavy atom. The van der Waals surface area contributed by atoms with Gasteiger partial charge in [-0.25, -0.2) is 9.50 Å². The molecular formula is C13H6Br2Cl2N4O. The molecule has 22 heavy (non-hydrogen) atoms. The number of hydrogen-bond acceptors (Lipinski definition) is 3. The number of amides is 1. The minimum absolute atomic E-state index is 0.205. The number of rotatable bonds is 2. The predicted molar refractivity (Wildman–Crippen MR) is 92.8 cm³/mol. The van der Waals surface area contributed by atoms with Crippen LogP contribution in [-0.4, -0.2) is 20.5 Å². The van der Waals surface area contributed by atoms with Gasteiger partial charge < -0.3 is 5.32 Å². The number of fused-ring (bicyclic) bond motifs is 1. The van der Waals surface area contributed by atoms with Gasteiger partial charge in [0.05, 0.1) is 19.7 Å². The van der Waals surface area contributed by atoms with Crippen molar-refractivity contribution in [2.45, 2.75) is 0 Å². The van der Waals surface area contributed by atoms with Crippen molar-refractivity contribution in [3.8, 4) is 0 Å². The molecule has 0 spiro atoms. The van der Waals surface area contributed by atoms with Gasteiger partial charge in [-0.1, -0.05) is 23.2 Å². The van der Waals surface area contributed by atoms with Crippen LogP contribution in [-0.2, 0) is 0 Å². The highest BCUT2D eigenvalue weighted by molar-refractivity contribution is 9.11. The van der Waals surface area contributed by atoms with E-state index in [4.69, 9.17) is 23.2 Å². The fourth-order valence-electron chi connectivity index (χ4n) is 1.80. The molecule has 2 aromatic heterocycles. The van der Waals surface area contributed by atoms with Crippen LogP contribution in [0.1, 0.15) is 10.5 Å². The molecule has 9 heteroatoms. The van der Waals surface area contributed by atoms with Crippen LogP contribution in [0.4, 0.5) is 5.69 Å². The van der Waals surface area contributed by atoms with E-state index in [0.29, 0.717) is 25.9 Å². The topological polar surface area (TPSA) is 59.3 Å². The van der Waals surface area contributed by atoms with Gasteiger partial charge in [-0.3, -0.25) is 4.79 Å². The molecule has 3 rings (SSSR count). The summed E-state index contributed by atoms with van der Waals surface area (Å²) < 4.78 is 2.76. The zero-order valence-electron chi connectivity index (χ0n) is 10.6. The van der Waals surface area contributed by atoms with Gasteiger partial charge in [0.1, 0.15) is 0 Å². The van der Waals surface area contributed by atoms with Crippen LogP contribution in [0.25, 0.3) is 5.65 Å². The van der Waals surface area contributed by atoms with Crippen molar-refractivity contribution in [2.24, 2.45) is 0 Å². The quantitative estimate of drug-likeness (QED) is 0.592. The minimum Gasteiger partial charge on any atom is -0.319 e. The summed E-state index contributed by atoms with van der Waals surface area (Å²) in [5.41, 5.74) is 1.20. The lowest BCUT2D eigenvalue weighted by Gasteiger charge is -2.05. The van der Waals surface area contributed by atoms with Crippen LogP contribution in [0.15, 0.2) is 39.5 Å². The Hall–Kier alpha value is -1.15. The van der Waals surface area contributed by atoms with Gasteiger partial charge in [0.25, 0.3) is 5.91 Å². The molecule has 1 amide bonds. The average Bonchev–Trinajstić information content (AvgIpc) is 2.78. The summed E-state index contributed by atoms with van der Waals surface area (Å²) in [5, 5.41) is 7.75. The highest BCUT2D eigenvalue weighted by Crippen LogP contribution is 2.27. The second-order valence-corrected chi connectivity index (χ2v) is 6.83. The van der Waals surface area contributed by atoms with Crippen molar-refractivity contribution in [1.29, 1.82) is 0 Å². The molecule has 3 aromatic rings. The van der Waals surface area contributed by atoms with E-state index < -0.39 is 5.91 Å². The molecule has 2 heterocycles. The molecule has 0 saturated carbocycles. The molecular weight excluding hydrogens is 459 g/mol. The molecule has 0 radical (unpaired) electrons. The number of nitrogens with zero attached hydrogens (tertiary/aromatic N) is 3.